The molecule has 2 aromatic rings. The number of ether oxygens (including phenoxy) is 1. The molecule has 146 valence electrons. The monoisotopic (exact) mass is 418 g/mol. The van der Waals surface area contributed by atoms with Gasteiger partial charge in [0.1, 0.15) is 12.4 Å². The predicted octanol–water partition coefficient (Wildman–Crippen LogP) is 2.80. The predicted molar refractivity (Wildman–Crippen MR) is 105 cm³/mol. The second-order valence-corrected chi connectivity index (χ2v) is 7.07. The Labute approximate surface area is 172 Å². The first-order valence-corrected chi connectivity index (χ1v) is 9.82. The van der Waals surface area contributed by atoms with Crippen molar-refractivity contribution in [1.82, 2.24) is 19.7 Å². The third-order valence-corrected chi connectivity index (χ3v) is 5.03. The molecule has 0 saturated heterocycles. The number of amides is 1. The summed E-state index contributed by atoms with van der Waals surface area (Å²) in [6, 6.07) is 11.0. The fraction of sp³-hybridized carbons (Fsp3) is 0.389. The lowest BCUT2D eigenvalue weighted by Crippen LogP contribution is -2.34. The molecule has 0 spiro atoms. The Hall–Kier alpha value is -2.75. The molecule has 0 unspecified atom stereocenters. The van der Waals surface area contributed by atoms with Gasteiger partial charge < -0.3 is 14.2 Å². The number of thioether (sulfide) groups is 1. The zero-order valence-corrected chi connectivity index (χ0v) is 16.9. The van der Waals surface area contributed by atoms with Gasteiger partial charge in [-0.15, -0.1) is 10.2 Å². The Morgan fingerprint density at radius 2 is 1.86 bits per heavy atom. The van der Waals surface area contributed by atoms with E-state index in [2.05, 4.69) is 10.2 Å². The summed E-state index contributed by atoms with van der Waals surface area (Å²) < 4.78 is 7.43. The topological polar surface area (TPSA) is 108 Å². The highest BCUT2D eigenvalue weighted by atomic mass is 35.5. The Morgan fingerprint density at radius 3 is 2.46 bits per heavy atom. The van der Waals surface area contributed by atoms with Crippen LogP contribution < -0.4 is 4.74 Å². The minimum Gasteiger partial charge on any atom is -0.486 e. The van der Waals surface area contributed by atoms with Crippen molar-refractivity contribution in [2.75, 3.05) is 18.8 Å². The molecule has 0 atom stereocenters. The van der Waals surface area contributed by atoms with E-state index in [4.69, 9.17) is 26.9 Å². The molecule has 1 heterocycles. The standard InChI is InChI=1S/C18H19ClN6O2S/c1-24-16(12-27-15-6-4-14(19)5-7-15)22-23-18(24)28-13-17(26)25(10-2-8-20)11-3-9-21/h4-7H,2-3,10-13H2,1H3. The van der Waals surface area contributed by atoms with Gasteiger partial charge in [0.25, 0.3) is 0 Å². The van der Waals surface area contributed by atoms with E-state index in [0.29, 0.717) is 34.8 Å². The molecular weight excluding hydrogens is 400 g/mol. The van der Waals surface area contributed by atoms with Crippen molar-refractivity contribution in [3.63, 3.8) is 0 Å². The smallest absolute Gasteiger partial charge is 0.233 e. The van der Waals surface area contributed by atoms with Gasteiger partial charge in [-0.25, -0.2) is 0 Å². The minimum absolute atomic E-state index is 0.141. The second-order valence-electron chi connectivity index (χ2n) is 5.69. The zero-order chi connectivity index (χ0) is 20.4. The summed E-state index contributed by atoms with van der Waals surface area (Å²) in [5, 5.41) is 26.9. The van der Waals surface area contributed by atoms with Crippen molar-refractivity contribution in [3.8, 4) is 17.9 Å². The van der Waals surface area contributed by atoms with E-state index >= 15 is 0 Å². The Bertz CT molecular complexity index is 854. The number of carbonyl (C=O) groups is 1. The van der Waals surface area contributed by atoms with Crippen molar-refractivity contribution in [3.05, 3.63) is 35.1 Å². The average molecular weight is 419 g/mol. The fourth-order valence-corrected chi connectivity index (χ4v) is 3.18. The molecular formula is C18H19ClN6O2S. The van der Waals surface area contributed by atoms with Crippen LogP contribution in [0.4, 0.5) is 0 Å². The normalized spacial score (nSPS) is 10.1. The molecule has 0 aliphatic heterocycles. The first-order chi connectivity index (χ1) is 13.5. The highest BCUT2D eigenvalue weighted by molar-refractivity contribution is 7.99. The Morgan fingerprint density at radius 1 is 1.21 bits per heavy atom. The lowest BCUT2D eigenvalue weighted by atomic mass is 10.3. The largest absolute Gasteiger partial charge is 0.486 e. The van der Waals surface area contributed by atoms with Gasteiger partial charge in [-0.05, 0) is 24.3 Å². The molecule has 0 aliphatic carbocycles. The van der Waals surface area contributed by atoms with E-state index in [1.165, 1.54) is 16.7 Å². The maximum atomic E-state index is 12.4. The molecule has 0 fully saturated rings. The number of hydrogen-bond donors (Lipinski definition) is 0. The molecule has 0 N–H and O–H groups in total. The molecule has 0 aliphatic rings. The lowest BCUT2D eigenvalue weighted by Gasteiger charge is -2.19. The molecule has 1 aromatic carbocycles. The number of carbonyl (C=O) groups excluding carboxylic acids is 1. The number of nitriles is 2. The van der Waals surface area contributed by atoms with Gasteiger partial charge in [-0.1, -0.05) is 23.4 Å². The van der Waals surface area contributed by atoms with Gasteiger partial charge in [-0.2, -0.15) is 10.5 Å². The molecule has 0 bridgehead atoms. The van der Waals surface area contributed by atoms with Crippen molar-refractivity contribution in [2.45, 2.75) is 24.6 Å². The summed E-state index contributed by atoms with van der Waals surface area (Å²) in [5.74, 6) is 1.30. The summed E-state index contributed by atoms with van der Waals surface area (Å²) in [4.78, 5) is 13.9. The molecule has 8 nitrogen and oxygen atoms in total. The second kappa shape index (κ2) is 11.2. The number of nitrogens with zero attached hydrogens (tertiary/aromatic N) is 6. The number of aromatic nitrogens is 3. The van der Waals surface area contributed by atoms with Gasteiger partial charge >= 0.3 is 0 Å². The van der Waals surface area contributed by atoms with Crippen LogP contribution in [-0.2, 0) is 18.4 Å². The van der Waals surface area contributed by atoms with Crippen molar-refractivity contribution < 1.29 is 9.53 Å². The van der Waals surface area contributed by atoms with E-state index in [-0.39, 0.29) is 31.1 Å². The van der Waals surface area contributed by atoms with E-state index in [9.17, 15) is 4.79 Å². The molecule has 2 rings (SSSR count). The van der Waals surface area contributed by atoms with Crippen LogP contribution in [0, 0.1) is 22.7 Å². The lowest BCUT2D eigenvalue weighted by molar-refractivity contribution is -0.128. The van der Waals surface area contributed by atoms with Crippen LogP contribution in [0.3, 0.4) is 0 Å². The molecule has 0 radical (unpaired) electrons. The van der Waals surface area contributed by atoms with Gasteiger partial charge in [0.2, 0.25) is 5.91 Å². The van der Waals surface area contributed by atoms with Gasteiger partial charge in [-0.3, -0.25) is 4.79 Å². The Balaban J connectivity index is 1.90. The third kappa shape index (κ3) is 6.45. The van der Waals surface area contributed by atoms with Gasteiger partial charge in [0, 0.05) is 25.2 Å². The molecule has 1 aromatic heterocycles. The zero-order valence-electron chi connectivity index (χ0n) is 15.3. The van der Waals surface area contributed by atoms with Crippen LogP contribution in [0.1, 0.15) is 18.7 Å². The van der Waals surface area contributed by atoms with E-state index in [0.717, 1.165) is 0 Å². The number of rotatable bonds is 10. The number of benzene rings is 1. The maximum Gasteiger partial charge on any atom is 0.233 e. The van der Waals surface area contributed by atoms with Crippen LogP contribution in [0.5, 0.6) is 5.75 Å². The van der Waals surface area contributed by atoms with E-state index < -0.39 is 0 Å². The van der Waals surface area contributed by atoms with Crippen molar-refractivity contribution >= 4 is 29.3 Å². The van der Waals surface area contributed by atoms with Crippen molar-refractivity contribution in [1.29, 1.82) is 10.5 Å². The van der Waals surface area contributed by atoms with E-state index in [1.807, 2.05) is 12.1 Å². The minimum atomic E-state index is -0.141. The van der Waals surface area contributed by atoms with Crippen LogP contribution in [0.15, 0.2) is 29.4 Å². The first-order valence-electron chi connectivity index (χ1n) is 8.46. The van der Waals surface area contributed by atoms with Crippen LogP contribution in [0.25, 0.3) is 0 Å². The molecule has 0 saturated carbocycles. The van der Waals surface area contributed by atoms with Crippen LogP contribution in [-0.4, -0.2) is 44.4 Å². The quantitative estimate of drug-likeness (QED) is 0.546. The third-order valence-electron chi connectivity index (χ3n) is 3.77. The molecule has 10 heteroatoms. The fourth-order valence-electron chi connectivity index (χ4n) is 2.22. The molecule has 1 amide bonds. The average Bonchev–Trinajstić information content (AvgIpc) is 3.05. The number of hydrogen-bond acceptors (Lipinski definition) is 7. The van der Waals surface area contributed by atoms with E-state index in [1.54, 1.807) is 35.9 Å². The first kappa shape index (κ1) is 21.5. The van der Waals surface area contributed by atoms with Crippen LogP contribution >= 0.6 is 23.4 Å². The van der Waals surface area contributed by atoms with Gasteiger partial charge in [0.05, 0.1) is 30.7 Å². The van der Waals surface area contributed by atoms with Crippen LogP contribution in [0.2, 0.25) is 5.02 Å². The van der Waals surface area contributed by atoms with Crippen molar-refractivity contribution in [2.24, 2.45) is 7.05 Å². The Kier molecular flexibility index (Phi) is 8.60. The highest BCUT2D eigenvalue weighted by Gasteiger charge is 2.16. The molecule has 28 heavy (non-hydrogen) atoms. The summed E-state index contributed by atoms with van der Waals surface area (Å²) >= 11 is 7.10. The SMILES string of the molecule is Cn1c(COc2ccc(Cl)cc2)nnc1SCC(=O)N(CCC#N)CCC#N. The summed E-state index contributed by atoms with van der Waals surface area (Å²) in [6.07, 6.45) is 0.468. The summed E-state index contributed by atoms with van der Waals surface area (Å²) in [7, 11) is 1.80. The number of halogens is 1. The van der Waals surface area contributed by atoms with Gasteiger partial charge in [0.15, 0.2) is 11.0 Å². The summed E-state index contributed by atoms with van der Waals surface area (Å²) in [5.41, 5.74) is 0. The summed E-state index contributed by atoms with van der Waals surface area (Å²) in [6.45, 7) is 0.864. The maximum absolute atomic E-state index is 12.4. The highest BCUT2D eigenvalue weighted by Crippen LogP contribution is 2.19.